The first-order valence-corrected chi connectivity index (χ1v) is 15.6. The summed E-state index contributed by atoms with van der Waals surface area (Å²) in [5, 5.41) is 9.66. The first-order valence-electron chi connectivity index (χ1n) is 15.6. The van der Waals surface area contributed by atoms with Gasteiger partial charge in [-0.15, -0.1) is 13.2 Å². The summed E-state index contributed by atoms with van der Waals surface area (Å²) in [7, 11) is 0. The lowest BCUT2D eigenvalue weighted by molar-refractivity contribution is -0.150. The van der Waals surface area contributed by atoms with Gasteiger partial charge < -0.3 is 29.3 Å². The van der Waals surface area contributed by atoms with E-state index in [0.717, 1.165) is 32.1 Å². The van der Waals surface area contributed by atoms with Gasteiger partial charge in [0, 0.05) is 38.0 Å². The quantitative estimate of drug-likeness (QED) is 0.358. The van der Waals surface area contributed by atoms with E-state index in [1.807, 2.05) is 36.1 Å². The number of carbonyl (C=O) groups is 3. The lowest BCUT2D eigenvalue weighted by atomic mass is 9.70. The predicted octanol–water partition coefficient (Wildman–Crippen LogP) is 3.71. The highest BCUT2D eigenvalue weighted by Gasteiger charge is 2.75. The molecule has 1 aliphatic carbocycles. The third-order valence-corrected chi connectivity index (χ3v) is 9.54. The number of amides is 3. The van der Waals surface area contributed by atoms with Crippen LogP contribution in [0.4, 0.5) is 5.69 Å². The van der Waals surface area contributed by atoms with Crippen LogP contribution in [0.25, 0.3) is 0 Å². The summed E-state index contributed by atoms with van der Waals surface area (Å²) in [5.74, 6) is -1.32. The number of benzene rings is 1. The van der Waals surface area contributed by atoms with Crippen molar-refractivity contribution in [3.05, 3.63) is 49.6 Å². The second kappa shape index (κ2) is 13.0. The number of fused-ring (bicyclic) bond motifs is 1. The molecule has 1 N–H and O–H groups in total. The summed E-state index contributed by atoms with van der Waals surface area (Å²) in [6, 6.07) is 6.59. The predicted molar refractivity (Wildman–Crippen MR) is 160 cm³/mol. The van der Waals surface area contributed by atoms with Crippen LogP contribution < -0.4 is 9.64 Å². The molecule has 0 radical (unpaired) electrons. The Labute approximate surface area is 249 Å². The van der Waals surface area contributed by atoms with Crippen LogP contribution in [-0.2, 0) is 19.1 Å². The van der Waals surface area contributed by atoms with E-state index in [4.69, 9.17) is 9.47 Å². The Kier molecular flexibility index (Phi) is 9.38. The topological polar surface area (TPSA) is 99.6 Å². The van der Waals surface area contributed by atoms with Crippen molar-refractivity contribution in [2.24, 2.45) is 11.8 Å². The first-order chi connectivity index (χ1) is 20.4. The van der Waals surface area contributed by atoms with Crippen molar-refractivity contribution in [1.82, 2.24) is 9.80 Å². The number of carbonyl (C=O) groups excluding carboxylic acids is 3. The fourth-order valence-corrected chi connectivity index (χ4v) is 7.82. The van der Waals surface area contributed by atoms with E-state index in [2.05, 4.69) is 13.2 Å². The third kappa shape index (κ3) is 5.26. The van der Waals surface area contributed by atoms with Crippen LogP contribution in [0.2, 0.25) is 0 Å². The minimum Gasteiger partial charge on any atom is -0.494 e. The standard InChI is InChI=1S/C33H45N3O6/c1-4-19-34(24-13-15-25(16-14-24)41-6-3)30(38)27-26-17-18-33(42-26)28(27)31(39)36(21-10-22-37)29(33)32(40)35(20-5-2)23-11-8-7-9-12-23/h4-5,13-16,23,26-29,37H,1-2,6-12,17-22H2,3H3/t26-,27+,28-,29?,33?/m0/s1. The summed E-state index contributed by atoms with van der Waals surface area (Å²) in [6.45, 7) is 11.0. The van der Waals surface area contributed by atoms with Crippen molar-refractivity contribution >= 4 is 23.4 Å². The second-order valence-electron chi connectivity index (χ2n) is 11.9. The zero-order valence-electron chi connectivity index (χ0n) is 24.8. The normalized spacial score (nSPS) is 28.4. The molecule has 4 aliphatic rings. The Morgan fingerprint density at radius 3 is 2.45 bits per heavy atom. The highest BCUT2D eigenvalue weighted by atomic mass is 16.5. The molecule has 1 saturated carbocycles. The molecule has 1 spiro atoms. The van der Waals surface area contributed by atoms with Gasteiger partial charge in [0.2, 0.25) is 17.7 Å². The molecule has 0 aromatic heterocycles. The van der Waals surface area contributed by atoms with Crippen LogP contribution >= 0.6 is 0 Å². The van der Waals surface area contributed by atoms with Gasteiger partial charge in [-0.3, -0.25) is 14.4 Å². The van der Waals surface area contributed by atoms with Gasteiger partial charge in [-0.25, -0.2) is 0 Å². The van der Waals surface area contributed by atoms with E-state index in [1.54, 1.807) is 22.0 Å². The monoisotopic (exact) mass is 579 g/mol. The molecule has 3 amide bonds. The molecular formula is C33H45N3O6. The number of aliphatic hydroxyl groups is 1. The molecule has 42 heavy (non-hydrogen) atoms. The molecule has 9 nitrogen and oxygen atoms in total. The molecule has 5 atom stereocenters. The Balaban J connectivity index is 1.49. The highest BCUT2D eigenvalue weighted by Crippen LogP contribution is 2.59. The Bertz CT molecular complexity index is 1160. The zero-order chi connectivity index (χ0) is 29.9. The molecule has 3 aliphatic heterocycles. The minimum absolute atomic E-state index is 0.0910. The number of ether oxygens (including phenoxy) is 2. The summed E-state index contributed by atoms with van der Waals surface area (Å²) in [4.78, 5) is 48.3. The van der Waals surface area contributed by atoms with Crippen molar-refractivity contribution in [2.45, 2.75) is 82.1 Å². The molecule has 5 rings (SSSR count). The molecule has 3 heterocycles. The lowest BCUT2D eigenvalue weighted by Gasteiger charge is -2.40. The van der Waals surface area contributed by atoms with Crippen LogP contribution in [0.1, 0.15) is 58.3 Å². The van der Waals surface area contributed by atoms with Crippen LogP contribution in [-0.4, -0.2) is 89.3 Å². The van der Waals surface area contributed by atoms with Crippen molar-refractivity contribution in [3.8, 4) is 5.75 Å². The number of hydrogen-bond acceptors (Lipinski definition) is 6. The van der Waals surface area contributed by atoms with E-state index in [9.17, 15) is 19.5 Å². The van der Waals surface area contributed by atoms with Gasteiger partial charge in [0.25, 0.3) is 0 Å². The fraction of sp³-hybridized carbons (Fsp3) is 0.606. The average molecular weight is 580 g/mol. The molecule has 1 aromatic rings. The van der Waals surface area contributed by atoms with Gasteiger partial charge >= 0.3 is 0 Å². The van der Waals surface area contributed by atoms with Gasteiger partial charge in [-0.05, 0) is 63.3 Å². The number of anilines is 1. The Morgan fingerprint density at radius 2 is 1.81 bits per heavy atom. The second-order valence-corrected chi connectivity index (χ2v) is 11.9. The molecular weight excluding hydrogens is 534 g/mol. The molecule has 9 heteroatoms. The summed E-state index contributed by atoms with van der Waals surface area (Å²) >= 11 is 0. The molecule has 1 aromatic carbocycles. The number of likely N-dealkylation sites (tertiary alicyclic amines) is 1. The van der Waals surface area contributed by atoms with Gasteiger partial charge in [-0.2, -0.15) is 0 Å². The van der Waals surface area contributed by atoms with Crippen molar-refractivity contribution < 1.29 is 29.0 Å². The molecule has 2 bridgehead atoms. The summed E-state index contributed by atoms with van der Waals surface area (Å²) in [5.41, 5.74) is -0.383. The maximum atomic E-state index is 14.5. The van der Waals surface area contributed by atoms with E-state index in [1.165, 1.54) is 0 Å². The summed E-state index contributed by atoms with van der Waals surface area (Å²) < 4.78 is 12.2. The van der Waals surface area contributed by atoms with Crippen LogP contribution in [0, 0.1) is 11.8 Å². The maximum Gasteiger partial charge on any atom is 0.248 e. The SMILES string of the molecule is C=CCN(C(=O)[C@@H]1[C@@H]2CCC3(O2)C(C(=O)N(CC=C)C2CCCCC2)N(CCCO)C(=O)[C@H]13)c1ccc(OCC)cc1. The van der Waals surface area contributed by atoms with Crippen LogP contribution in [0.3, 0.4) is 0 Å². The summed E-state index contributed by atoms with van der Waals surface area (Å²) in [6.07, 6.45) is 9.62. The maximum absolute atomic E-state index is 14.5. The molecule has 3 saturated heterocycles. The van der Waals surface area contributed by atoms with Crippen molar-refractivity contribution in [1.29, 1.82) is 0 Å². The van der Waals surface area contributed by atoms with Gasteiger partial charge in [0.1, 0.15) is 17.4 Å². The largest absolute Gasteiger partial charge is 0.494 e. The number of nitrogens with zero attached hydrogens (tertiary/aromatic N) is 3. The average Bonchev–Trinajstić information content (AvgIpc) is 3.65. The van der Waals surface area contributed by atoms with E-state index in [-0.39, 0.29) is 43.5 Å². The lowest BCUT2D eigenvalue weighted by Crippen LogP contribution is -2.58. The van der Waals surface area contributed by atoms with E-state index < -0.39 is 29.6 Å². The molecule has 2 unspecified atom stereocenters. The Hall–Kier alpha value is -3.17. The number of hydrogen-bond donors (Lipinski definition) is 1. The molecule has 228 valence electrons. The number of rotatable bonds is 13. The number of aliphatic hydroxyl groups excluding tert-OH is 1. The smallest absolute Gasteiger partial charge is 0.248 e. The van der Waals surface area contributed by atoms with E-state index in [0.29, 0.717) is 43.9 Å². The van der Waals surface area contributed by atoms with Crippen molar-refractivity contribution in [3.63, 3.8) is 0 Å². The van der Waals surface area contributed by atoms with Gasteiger partial charge in [0.15, 0.2) is 0 Å². The van der Waals surface area contributed by atoms with E-state index >= 15 is 0 Å². The minimum atomic E-state index is -1.07. The fourth-order valence-electron chi connectivity index (χ4n) is 7.82. The van der Waals surface area contributed by atoms with Crippen LogP contribution in [0.15, 0.2) is 49.6 Å². The highest BCUT2D eigenvalue weighted by molar-refractivity contribution is 6.03. The van der Waals surface area contributed by atoms with Gasteiger partial charge in [-0.1, -0.05) is 31.4 Å². The van der Waals surface area contributed by atoms with Gasteiger partial charge in [0.05, 0.1) is 24.5 Å². The zero-order valence-corrected chi connectivity index (χ0v) is 24.8. The van der Waals surface area contributed by atoms with Crippen molar-refractivity contribution in [2.75, 3.05) is 37.7 Å². The first kappa shape index (κ1) is 30.3. The van der Waals surface area contributed by atoms with Crippen LogP contribution in [0.5, 0.6) is 5.75 Å². The Morgan fingerprint density at radius 1 is 1.10 bits per heavy atom. The third-order valence-electron chi connectivity index (χ3n) is 9.54. The molecule has 4 fully saturated rings.